The molecule has 3 atom stereocenters. The number of nitriles is 1. The van der Waals surface area contributed by atoms with Gasteiger partial charge in [-0.25, -0.2) is 0 Å². The number of carbonyl (C=O) groups excluding carboxylic acids is 1. The molecule has 0 bridgehead atoms. The lowest BCUT2D eigenvalue weighted by molar-refractivity contribution is -0.137. The Bertz CT molecular complexity index is 900. The van der Waals surface area contributed by atoms with Crippen molar-refractivity contribution in [2.45, 2.75) is 43.4 Å². The summed E-state index contributed by atoms with van der Waals surface area (Å²) in [6, 6.07) is 13.8. The van der Waals surface area contributed by atoms with E-state index in [9.17, 15) is 23.2 Å². The third kappa shape index (κ3) is 3.87. The highest BCUT2D eigenvalue weighted by Crippen LogP contribution is 2.51. The number of nitrogens with zero attached hydrogens (tertiary/aromatic N) is 1. The molecule has 1 aliphatic carbocycles. The molecule has 0 heterocycles. The van der Waals surface area contributed by atoms with Gasteiger partial charge in [-0.1, -0.05) is 43.3 Å². The number of hydrogen-bond acceptors (Lipinski definition) is 3. The standard InChI is InChI=1S/C21H20F3N3O/c1-2-18(26)19(28)27-20(12-25)11-17(20)15-5-3-13(4-6-15)14-7-9-16(10-8-14)21(22,23)24/h3-10,17-18H,2,11,26H2,1H3,(H,27,28)/t17-,18+,20+/m1/s1. The number of carbonyl (C=O) groups is 1. The van der Waals surface area contributed by atoms with Crippen LogP contribution in [0, 0.1) is 11.3 Å². The zero-order valence-electron chi connectivity index (χ0n) is 15.3. The second-order valence-corrected chi connectivity index (χ2v) is 7.04. The second kappa shape index (κ2) is 7.28. The molecular weight excluding hydrogens is 367 g/mol. The fourth-order valence-corrected chi connectivity index (χ4v) is 3.21. The van der Waals surface area contributed by atoms with E-state index < -0.39 is 23.3 Å². The van der Waals surface area contributed by atoms with Gasteiger partial charge in [-0.05, 0) is 41.7 Å². The highest BCUT2D eigenvalue weighted by atomic mass is 19.4. The lowest BCUT2D eigenvalue weighted by atomic mass is 9.99. The summed E-state index contributed by atoms with van der Waals surface area (Å²) in [6.45, 7) is 1.80. The van der Waals surface area contributed by atoms with Crippen molar-refractivity contribution in [1.82, 2.24) is 5.32 Å². The summed E-state index contributed by atoms with van der Waals surface area (Å²) in [5, 5.41) is 12.3. The van der Waals surface area contributed by atoms with Crippen molar-refractivity contribution in [3.05, 3.63) is 59.7 Å². The van der Waals surface area contributed by atoms with Crippen molar-refractivity contribution in [3.8, 4) is 17.2 Å². The monoisotopic (exact) mass is 387 g/mol. The number of hydrogen-bond donors (Lipinski definition) is 2. The Balaban J connectivity index is 1.73. The molecule has 146 valence electrons. The zero-order chi connectivity index (χ0) is 20.5. The van der Waals surface area contributed by atoms with Crippen LogP contribution in [-0.4, -0.2) is 17.5 Å². The number of nitrogens with two attached hydrogens (primary N) is 1. The maximum atomic E-state index is 12.7. The van der Waals surface area contributed by atoms with Crippen LogP contribution in [-0.2, 0) is 11.0 Å². The summed E-state index contributed by atoms with van der Waals surface area (Å²) in [4.78, 5) is 12.0. The average molecular weight is 387 g/mol. The number of rotatable bonds is 5. The first-order valence-corrected chi connectivity index (χ1v) is 8.96. The molecule has 4 nitrogen and oxygen atoms in total. The van der Waals surface area contributed by atoms with Crippen LogP contribution in [0.1, 0.15) is 36.8 Å². The fraction of sp³-hybridized carbons (Fsp3) is 0.333. The predicted octanol–water partition coefficient (Wildman–Crippen LogP) is 3.98. The Morgan fingerprint density at radius 2 is 1.75 bits per heavy atom. The molecule has 0 saturated heterocycles. The van der Waals surface area contributed by atoms with Crippen LogP contribution >= 0.6 is 0 Å². The molecule has 7 heteroatoms. The van der Waals surface area contributed by atoms with E-state index in [-0.39, 0.29) is 11.8 Å². The Labute approximate surface area is 161 Å². The van der Waals surface area contributed by atoms with Crippen molar-refractivity contribution in [2.24, 2.45) is 5.73 Å². The number of nitrogens with one attached hydrogen (secondary N) is 1. The summed E-state index contributed by atoms with van der Waals surface area (Å²) in [7, 11) is 0. The first-order chi connectivity index (χ1) is 13.2. The molecule has 0 aliphatic heterocycles. The van der Waals surface area contributed by atoms with E-state index in [0.29, 0.717) is 18.4 Å². The van der Waals surface area contributed by atoms with Gasteiger partial charge in [-0.3, -0.25) is 4.79 Å². The van der Waals surface area contributed by atoms with Crippen molar-refractivity contribution in [2.75, 3.05) is 0 Å². The molecular formula is C21H20F3N3O. The molecule has 0 unspecified atom stereocenters. The van der Waals surface area contributed by atoms with Gasteiger partial charge in [0, 0.05) is 5.92 Å². The molecule has 1 aliphatic rings. The first-order valence-electron chi connectivity index (χ1n) is 8.96. The van der Waals surface area contributed by atoms with Gasteiger partial charge < -0.3 is 11.1 Å². The van der Waals surface area contributed by atoms with E-state index in [4.69, 9.17) is 5.73 Å². The van der Waals surface area contributed by atoms with Crippen molar-refractivity contribution in [3.63, 3.8) is 0 Å². The summed E-state index contributed by atoms with van der Waals surface area (Å²) >= 11 is 0. The van der Waals surface area contributed by atoms with Gasteiger partial charge >= 0.3 is 6.18 Å². The summed E-state index contributed by atoms with van der Waals surface area (Å²) in [6.07, 6.45) is -3.37. The average Bonchev–Trinajstić information content (AvgIpc) is 3.41. The van der Waals surface area contributed by atoms with E-state index in [0.717, 1.165) is 23.3 Å². The maximum Gasteiger partial charge on any atom is 0.416 e. The van der Waals surface area contributed by atoms with Crippen LogP contribution in [0.3, 0.4) is 0 Å². The van der Waals surface area contributed by atoms with Crippen LogP contribution in [0.25, 0.3) is 11.1 Å². The molecule has 0 aromatic heterocycles. The van der Waals surface area contributed by atoms with E-state index in [1.165, 1.54) is 12.1 Å². The molecule has 0 spiro atoms. The lowest BCUT2D eigenvalue weighted by Gasteiger charge is -2.15. The molecule has 3 N–H and O–H groups in total. The van der Waals surface area contributed by atoms with Crippen molar-refractivity contribution in [1.29, 1.82) is 5.26 Å². The van der Waals surface area contributed by atoms with Crippen LogP contribution < -0.4 is 11.1 Å². The van der Waals surface area contributed by atoms with E-state index in [1.807, 2.05) is 12.1 Å². The number of amides is 1. The molecule has 2 aromatic rings. The van der Waals surface area contributed by atoms with Crippen LogP contribution in [0.5, 0.6) is 0 Å². The topological polar surface area (TPSA) is 78.9 Å². The highest BCUT2D eigenvalue weighted by molar-refractivity contribution is 5.83. The Morgan fingerprint density at radius 3 is 2.21 bits per heavy atom. The number of halogens is 3. The Morgan fingerprint density at radius 1 is 1.21 bits per heavy atom. The second-order valence-electron chi connectivity index (χ2n) is 7.04. The molecule has 3 rings (SSSR count). The van der Waals surface area contributed by atoms with Gasteiger partial charge in [-0.2, -0.15) is 18.4 Å². The van der Waals surface area contributed by atoms with Crippen LogP contribution in [0.4, 0.5) is 13.2 Å². The van der Waals surface area contributed by atoms with Crippen LogP contribution in [0.2, 0.25) is 0 Å². The minimum Gasteiger partial charge on any atom is -0.336 e. The largest absolute Gasteiger partial charge is 0.416 e. The van der Waals surface area contributed by atoms with Gasteiger partial charge in [0.2, 0.25) is 5.91 Å². The molecule has 28 heavy (non-hydrogen) atoms. The zero-order valence-corrected chi connectivity index (χ0v) is 15.3. The van der Waals surface area contributed by atoms with Gasteiger partial charge in [0.15, 0.2) is 0 Å². The van der Waals surface area contributed by atoms with E-state index in [1.54, 1.807) is 19.1 Å². The number of benzene rings is 2. The Hall–Kier alpha value is -2.85. The van der Waals surface area contributed by atoms with Crippen molar-refractivity contribution < 1.29 is 18.0 Å². The molecule has 1 saturated carbocycles. The van der Waals surface area contributed by atoms with Gasteiger partial charge in [-0.15, -0.1) is 0 Å². The van der Waals surface area contributed by atoms with Gasteiger partial charge in [0.05, 0.1) is 17.7 Å². The lowest BCUT2D eigenvalue weighted by Crippen LogP contribution is -2.46. The normalized spacial score (nSPS) is 22.2. The minimum absolute atomic E-state index is 0.132. The van der Waals surface area contributed by atoms with E-state index in [2.05, 4.69) is 11.4 Å². The minimum atomic E-state index is -4.36. The quantitative estimate of drug-likeness (QED) is 0.815. The van der Waals surface area contributed by atoms with Crippen molar-refractivity contribution >= 4 is 5.91 Å². The number of alkyl halides is 3. The molecule has 2 aromatic carbocycles. The SMILES string of the molecule is CC[C@H](N)C(=O)N[C@]1(C#N)C[C@@H]1c1ccc(-c2ccc(C(F)(F)F)cc2)cc1. The van der Waals surface area contributed by atoms with Gasteiger partial charge in [0.1, 0.15) is 5.54 Å². The smallest absolute Gasteiger partial charge is 0.336 e. The third-order valence-electron chi connectivity index (χ3n) is 5.14. The summed E-state index contributed by atoms with van der Waals surface area (Å²) in [5.41, 5.74) is 6.42. The molecule has 1 fully saturated rings. The summed E-state index contributed by atoms with van der Waals surface area (Å²) < 4.78 is 38.0. The maximum absolute atomic E-state index is 12.7. The van der Waals surface area contributed by atoms with E-state index >= 15 is 0 Å². The third-order valence-corrected chi connectivity index (χ3v) is 5.14. The molecule has 1 amide bonds. The van der Waals surface area contributed by atoms with Gasteiger partial charge in [0.25, 0.3) is 0 Å². The summed E-state index contributed by atoms with van der Waals surface area (Å²) in [5.74, 6) is -0.472. The predicted molar refractivity (Wildman–Crippen MR) is 99.0 cm³/mol. The first kappa shape index (κ1) is 19.9. The van der Waals surface area contributed by atoms with Crippen LogP contribution in [0.15, 0.2) is 48.5 Å². The Kier molecular flexibility index (Phi) is 5.18. The molecule has 0 radical (unpaired) electrons. The fourth-order valence-electron chi connectivity index (χ4n) is 3.21. The highest BCUT2D eigenvalue weighted by Gasteiger charge is 2.57.